The second kappa shape index (κ2) is 36.1. The van der Waals surface area contributed by atoms with Crippen LogP contribution in [0, 0.1) is 0 Å². The van der Waals surface area contributed by atoms with Gasteiger partial charge in [0.15, 0.2) is 6.10 Å². The summed E-state index contributed by atoms with van der Waals surface area (Å²) >= 11 is 0. The molecule has 5 heteroatoms. The van der Waals surface area contributed by atoms with Crippen LogP contribution >= 0.6 is 0 Å². The molecular formula is C39H74O5. The van der Waals surface area contributed by atoms with E-state index in [9.17, 15) is 14.7 Å². The van der Waals surface area contributed by atoms with E-state index in [0.717, 1.165) is 38.5 Å². The van der Waals surface area contributed by atoms with Gasteiger partial charge in [-0.2, -0.15) is 0 Å². The number of carbonyl (C=O) groups excluding carboxylic acids is 2. The van der Waals surface area contributed by atoms with Crippen molar-refractivity contribution in [1.82, 2.24) is 0 Å². The van der Waals surface area contributed by atoms with Crippen LogP contribution in [0.2, 0.25) is 0 Å². The molecule has 0 aromatic rings. The highest BCUT2D eigenvalue weighted by Gasteiger charge is 2.16. The van der Waals surface area contributed by atoms with E-state index in [2.05, 4.69) is 26.0 Å². The van der Waals surface area contributed by atoms with Crippen molar-refractivity contribution in [3.05, 3.63) is 12.2 Å². The van der Waals surface area contributed by atoms with E-state index in [1.165, 1.54) is 141 Å². The lowest BCUT2D eigenvalue weighted by atomic mass is 10.0. The third kappa shape index (κ3) is 33.5. The Morgan fingerprint density at radius 1 is 0.500 bits per heavy atom. The van der Waals surface area contributed by atoms with Gasteiger partial charge in [-0.1, -0.05) is 174 Å². The van der Waals surface area contributed by atoms with E-state index in [1.54, 1.807) is 0 Å². The molecule has 0 aromatic carbocycles. The number of esters is 2. The summed E-state index contributed by atoms with van der Waals surface area (Å²) in [5.74, 6) is -0.593. The highest BCUT2D eigenvalue weighted by atomic mass is 16.6. The number of allylic oxidation sites excluding steroid dienone is 2. The zero-order valence-corrected chi connectivity index (χ0v) is 29.4. The number of rotatable bonds is 35. The van der Waals surface area contributed by atoms with Crippen molar-refractivity contribution >= 4 is 11.9 Å². The smallest absolute Gasteiger partial charge is 0.306 e. The van der Waals surface area contributed by atoms with Crippen LogP contribution in [0.15, 0.2) is 12.2 Å². The lowest BCUT2D eigenvalue weighted by Gasteiger charge is -2.15. The molecule has 0 bridgehead atoms. The van der Waals surface area contributed by atoms with Gasteiger partial charge in [-0.3, -0.25) is 9.59 Å². The Hall–Kier alpha value is -1.36. The molecule has 0 rings (SSSR count). The maximum atomic E-state index is 12.1. The standard InChI is InChI=1S/C39H74O5/c1-3-5-7-9-11-13-15-16-17-18-19-20-21-22-24-25-27-29-31-33-38(41)43-36-37(35-40)44-39(42)34-32-30-28-26-23-14-12-10-8-6-4-2/h10,12,37,40H,3-9,11,13-36H2,1-2H3/t37-/m0/s1. The first-order valence-electron chi connectivity index (χ1n) is 19.2. The van der Waals surface area contributed by atoms with E-state index in [-0.39, 0.29) is 25.2 Å². The predicted molar refractivity (Wildman–Crippen MR) is 187 cm³/mol. The van der Waals surface area contributed by atoms with Crippen molar-refractivity contribution < 1.29 is 24.2 Å². The number of unbranched alkanes of at least 4 members (excludes halogenated alkanes) is 25. The molecule has 0 unspecified atom stereocenters. The van der Waals surface area contributed by atoms with Crippen LogP contribution in [0.1, 0.15) is 206 Å². The lowest BCUT2D eigenvalue weighted by molar-refractivity contribution is -0.161. The molecular weight excluding hydrogens is 548 g/mol. The largest absolute Gasteiger partial charge is 0.462 e. The number of hydrogen-bond acceptors (Lipinski definition) is 5. The molecule has 0 heterocycles. The minimum Gasteiger partial charge on any atom is -0.462 e. The van der Waals surface area contributed by atoms with Crippen LogP contribution in [0.5, 0.6) is 0 Å². The third-order valence-electron chi connectivity index (χ3n) is 8.56. The SMILES string of the molecule is CCCCC=CCCCCCCCC(=O)O[C@@H](CO)COC(=O)CCCCCCCCCCCCCCCCCCCCC. The number of aliphatic hydroxyl groups excluding tert-OH is 1. The van der Waals surface area contributed by atoms with Crippen LogP contribution in [0.3, 0.4) is 0 Å². The zero-order chi connectivity index (χ0) is 32.2. The van der Waals surface area contributed by atoms with Crippen LogP contribution in [0.4, 0.5) is 0 Å². The molecule has 0 saturated heterocycles. The maximum absolute atomic E-state index is 12.1. The summed E-state index contributed by atoms with van der Waals surface area (Å²) in [5.41, 5.74) is 0. The van der Waals surface area contributed by atoms with Crippen LogP contribution in [-0.2, 0) is 19.1 Å². The minimum atomic E-state index is -0.768. The average Bonchev–Trinajstić information content (AvgIpc) is 3.02. The number of hydrogen-bond donors (Lipinski definition) is 1. The van der Waals surface area contributed by atoms with Crippen LogP contribution < -0.4 is 0 Å². The first kappa shape index (κ1) is 42.6. The number of aliphatic hydroxyl groups is 1. The van der Waals surface area contributed by atoms with Crippen LogP contribution in [-0.4, -0.2) is 36.4 Å². The van der Waals surface area contributed by atoms with Crippen molar-refractivity contribution in [2.24, 2.45) is 0 Å². The molecule has 1 N–H and O–H groups in total. The van der Waals surface area contributed by atoms with E-state index in [0.29, 0.717) is 12.8 Å². The van der Waals surface area contributed by atoms with Gasteiger partial charge >= 0.3 is 11.9 Å². The number of carbonyl (C=O) groups is 2. The third-order valence-corrected chi connectivity index (χ3v) is 8.56. The van der Waals surface area contributed by atoms with Gasteiger partial charge in [0.05, 0.1) is 6.61 Å². The first-order valence-corrected chi connectivity index (χ1v) is 19.2. The molecule has 0 aromatic heterocycles. The molecule has 0 aliphatic carbocycles. The Labute approximate surface area is 273 Å². The van der Waals surface area contributed by atoms with E-state index in [4.69, 9.17) is 9.47 Å². The predicted octanol–water partition coefficient (Wildman–Crippen LogP) is 11.7. The highest BCUT2D eigenvalue weighted by molar-refractivity contribution is 5.70. The molecule has 0 spiro atoms. The van der Waals surface area contributed by atoms with Gasteiger partial charge in [0.1, 0.15) is 6.61 Å². The summed E-state index contributed by atoms with van der Waals surface area (Å²) in [4.78, 5) is 24.2. The van der Waals surface area contributed by atoms with Crippen molar-refractivity contribution in [3.63, 3.8) is 0 Å². The fraction of sp³-hybridized carbons (Fsp3) is 0.897. The molecule has 44 heavy (non-hydrogen) atoms. The quantitative estimate of drug-likeness (QED) is 0.0432. The van der Waals surface area contributed by atoms with Gasteiger partial charge in [0.2, 0.25) is 0 Å². The zero-order valence-electron chi connectivity index (χ0n) is 29.4. The molecule has 0 amide bonds. The normalized spacial score (nSPS) is 12.2. The molecule has 0 radical (unpaired) electrons. The van der Waals surface area contributed by atoms with Gasteiger partial charge in [-0.05, 0) is 32.1 Å². The summed E-state index contributed by atoms with van der Waals surface area (Å²) in [6.07, 6.45) is 39.9. The van der Waals surface area contributed by atoms with Crippen molar-refractivity contribution in [2.45, 2.75) is 213 Å². The Morgan fingerprint density at radius 2 is 0.864 bits per heavy atom. The first-order chi connectivity index (χ1) is 21.6. The summed E-state index contributed by atoms with van der Waals surface area (Å²) < 4.78 is 10.6. The van der Waals surface area contributed by atoms with Gasteiger partial charge in [0.25, 0.3) is 0 Å². The van der Waals surface area contributed by atoms with Gasteiger partial charge in [-0.15, -0.1) is 0 Å². The Balaban J connectivity index is 3.49. The van der Waals surface area contributed by atoms with Gasteiger partial charge < -0.3 is 14.6 Å². The fourth-order valence-electron chi connectivity index (χ4n) is 5.59. The summed E-state index contributed by atoms with van der Waals surface area (Å²) in [7, 11) is 0. The van der Waals surface area contributed by atoms with Crippen molar-refractivity contribution in [2.75, 3.05) is 13.2 Å². The van der Waals surface area contributed by atoms with E-state index in [1.807, 2.05) is 0 Å². The minimum absolute atomic E-state index is 0.0635. The van der Waals surface area contributed by atoms with Crippen molar-refractivity contribution in [1.29, 1.82) is 0 Å². The van der Waals surface area contributed by atoms with Crippen molar-refractivity contribution in [3.8, 4) is 0 Å². The highest BCUT2D eigenvalue weighted by Crippen LogP contribution is 2.15. The van der Waals surface area contributed by atoms with E-state index >= 15 is 0 Å². The summed E-state index contributed by atoms with van der Waals surface area (Å²) in [6, 6.07) is 0. The molecule has 0 aliphatic heterocycles. The topological polar surface area (TPSA) is 72.8 Å². The van der Waals surface area contributed by atoms with Crippen LogP contribution in [0.25, 0.3) is 0 Å². The Morgan fingerprint density at radius 3 is 1.30 bits per heavy atom. The summed E-state index contributed by atoms with van der Waals surface area (Å²) in [6.45, 7) is 4.10. The molecule has 5 nitrogen and oxygen atoms in total. The molecule has 1 atom stereocenters. The molecule has 0 saturated carbocycles. The van der Waals surface area contributed by atoms with Gasteiger partial charge in [-0.25, -0.2) is 0 Å². The maximum Gasteiger partial charge on any atom is 0.306 e. The molecule has 0 fully saturated rings. The van der Waals surface area contributed by atoms with Gasteiger partial charge in [0, 0.05) is 12.8 Å². The molecule has 0 aliphatic rings. The average molecular weight is 623 g/mol. The monoisotopic (exact) mass is 623 g/mol. The Kier molecular flexibility index (Phi) is 35.0. The second-order valence-corrected chi connectivity index (χ2v) is 13.0. The lowest BCUT2D eigenvalue weighted by Crippen LogP contribution is -2.28. The number of ether oxygens (including phenoxy) is 2. The van der Waals surface area contributed by atoms with E-state index < -0.39 is 6.10 Å². The Bertz CT molecular complexity index is 632. The molecule has 260 valence electrons. The fourth-order valence-corrected chi connectivity index (χ4v) is 5.59. The summed E-state index contributed by atoms with van der Waals surface area (Å²) in [5, 5.41) is 9.52. The second-order valence-electron chi connectivity index (χ2n) is 13.0.